The molecular weight excluding hydrogens is 258 g/mol. The fourth-order valence-electron chi connectivity index (χ4n) is 1.75. The van der Waals surface area contributed by atoms with Crippen LogP contribution in [0, 0.1) is 5.92 Å². The highest BCUT2D eigenvalue weighted by Gasteiger charge is 2.25. The predicted octanol–water partition coefficient (Wildman–Crippen LogP) is 1.72. The maximum absolute atomic E-state index is 12.2. The van der Waals surface area contributed by atoms with E-state index in [4.69, 9.17) is 10.5 Å². The largest absolute Gasteiger partial charge is 0.497 e. The molecule has 0 fully saturated rings. The molecule has 0 heterocycles. The fourth-order valence-corrected chi connectivity index (χ4v) is 1.75. The summed E-state index contributed by atoms with van der Waals surface area (Å²) in [4.78, 5) is 23.2. The Balaban J connectivity index is 2.76. The standard InChI is InChI=1S/C14H21N3O3/c1-4-9(2)12(17-14(15)19)13(18)16-10-5-7-11(20-3)8-6-10/h5-9,12H,4H2,1-3H3,(H,16,18)(H3,15,17,19)/t9-,12-/m0/s1. The van der Waals surface area contributed by atoms with Crippen molar-refractivity contribution >= 4 is 17.6 Å². The van der Waals surface area contributed by atoms with Crippen molar-refractivity contribution in [2.75, 3.05) is 12.4 Å². The van der Waals surface area contributed by atoms with Gasteiger partial charge in [-0.05, 0) is 30.2 Å². The number of carbonyl (C=O) groups is 2. The van der Waals surface area contributed by atoms with Crippen LogP contribution in [-0.2, 0) is 4.79 Å². The van der Waals surface area contributed by atoms with Crippen LogP contribution >= 0.6 is 0 Å². The predicted molar refractivity (Wildman–Crippen MR) is 77.6 cm³/mol. The first-order valence-corrected chi connectivity index (χ1v) is 6.48. The van der Waals surface area contributed by atoms with Crippen LogP contribution < -0.4 is 21.1 Å². The molecule has 3 amide bonds. The molecule has 0 saturated carbocycles. The van der Waals surface area contributed by atoms with Gasteiger partial charge >= 0.3 is 6.03 Å². The van der Waals surface area contributed by atoms with E-state index in [1.54, 1.807) is 31.4 Å². The van der Waals surface area contributed by atoms with Gasteiger partial charge < -0.3 is 21.1 Å². The number of hydrogen-bond donors (Lipinski definition) is 3. The molecule has 6 nitrogen and oxygen atoms in total. The van der Waals surface area contributed by atoms with Crippen molar-refractivity contribution in [1.29, 1.82) is 0 Å². The minimum atomic E-state index is -0.708. The lowest BCUT2D eigenvalue weighted by atomic mass is 9.98. The Morgan fingerprint density at radius 2 is 1.90 bits per heavy atom. The number of urea groups is 1. The second-order valence-electron chi connectivity index (χ2n) is 4.59. The van der Waals surface area contributed by atoms with Gasteiger partial charge in [-0.2, -0.15) is 0 Å². The van der Waals surface area contributed by atoms with E-state index in [2.05, 4.69) is 10.6 Å². The van der Waals surface area contributed by atoms with Crippen molar-refractivity contribution in [2.24, 2.45) is 11.7 Å². The number of anilines is 1. The van der Waals surface area contributed by atoms with Crippen LogP contribution in [0.4, 0.5) is 10.5 Å². The van der Waals surface area contributed by atoms with Gasteiger partial charge in [0.15, 0.2) is 0 Å². The lowest BCUT2D eigenvalue weighted by molar-refractivity contribution is -0.119. The molecule has 4 N–H and O–H groups in total. The second kappa shape index (κ2) is 7.37. The van der Waals surface area contributed by atoms with Crippen LogP contribution in [-0.4, -0.2) is 25.1 Å². The third-order valence-electron chi connectivity index (χ3n) is 3.15. The number of nitrogens with two attached hydrogens (primary N) is 1. The minimum Gasteiger partial charge on any atom is -0.497 e. The highest BCUT2D eigenvalue weighted by atomic mass is 16.5. The number of primary amides is 1. The van der Waals surface area contributed by atoms with Gasteiger partial charge in [-0.25, -0.2) is 4.79 Å². The van der Waals surface area contributed by atoms with E-state index in [0.29, 0.717) is 11.4 Å². The average Bonchev–Trinajstić information content (AvgIpc) is 2.44. The van der Waals surface area contributed by atoms with E-state index >= 15 is 0 Å². The van der Waals surface area contributed by atoms with Crippen molar-refractivity contribution in [3.63, 3.8) is 0 Å². The first-order chi connectivity index (χ1) is 9.47. The summed E-state index contributed by atoms with van der Waals surface area (Å²) < 4.78 is 5.04. The average molecular weight is 279 g/mol. The van der Waals surface area contributed by atoms with Gasteiger partial charge in [0.1, 0.15) is 11.8 Å². The fraction of sp³-hybridized carbons (Fsp3) is 0.429. The Morgan fingerprint density at radius 3 is 2.35 bits per heavy atom. The van der Waals surface area contributed by atoms with E-state index in [1.165, 1.54) is 0 Å². The van der Waals surface area contributed by atoms with Crippen LogP contribution in [0.25, 0.3) is 0 Å². The van der Waals surface area contributed by atoms with Gasteiger partial charge in [0.05, 0.1) is 7.11 Å². The lowest BCUT2D eigenvalue weighted by Gasteiger charge is -2.22. The molecule has 1 rings (SSSR count). The Hall–Kier alpha value is -2.24. The number of methoxy groups -OCH3 is 1. The molecule has 0 spiro atoms. The van der Waals surface area contributed by atoms with Crippen LogP contribution in [0.15, 0.2) is 24.3 Å². The van der Waals surface area contributed by atoms with Crippen molar-refractivity contribution in [1.82, 2.24) is 5.32 Å². The quantitative estimate of drug-likeness (QED) is 0.740. The van der Waals surface area contributed by atoms with E-state index in [-0.39, 0.29) is 11.8 Å². The Bertz CT molecular complexity index is 459. The van der Waals surface area contributed by atoms with Crippen LogP contribution in [0.1, 0.15) is 20.3 Å². The summed E-state index contributed by atoms with van der Waals surface area (Å²) in [5.74, 6) is 0.404. The molecule has 0 aliphatic heterocycles. The summed E-state index contributed by atoms with van der Waals surface area (Å²) in [6, 6.07) is 5.59. The molecule has 0 bridgehead atoms. The monoisotopic (exact) mass is 279 g/mol. The maximum Gasteiger partial charge on any atom is 0.312 e. The summed E-state index contributed by atoms with van der Waals surface area (Å²) in [5.41, 5.74) is 5.74. The van der Waals surface area contributed by atoms with Crippen LogP contribution in [0.5, 0.6) is 5.75 Å². The molecule has 0 aliphatic rings. The van der Waals surface area contributed by atoms with E-state index in [1.807, 2.05) is 13.8 Å². The molecule has 110 valence electrons. The summed E-state index contributed by atoms with van der Waals surface area (Å²) in [6.07, 6.45) is 0.751. The SMILES string of the molecule is CC[C@H](C)[C@H](NC(N)=O)C(=O)Nc1ccc(OC)cc1. The Kier molecular flexibility index (Phi) is 5.83. The van der Waals surface area contributed by atoms with Crippen molar-refractivity contribution in [2.45, 2.75) is 26.3 Å². The molecule has 20 heavy (non-hydrogen) atoms. The molecular formula is C14H21N3O3. The van der Waals surface area contributed by atoms with Crippen molar-refractivity contribution < 1.29 is 14.3 Å². The van der Waals surface area contributed by atoms with Gasteiger partial charge in [-0.3, -0.25) is 4.79 Å². The third-order valence-corrected chi connectivity index (χ3v) is 3.15. The Labute approximate surface area is 118 Å². The maximum atomic E-state index is 12.2. The molecule has 0 aromatic heterocycles. The molecule has 2 atom stereocenters. The van der Waals surface area contributed by atoms with E-state index < -0.39 is 12.1 Å². The number of hydrogen-bond acceptors (Lipinski definition) is 3. The highest BCUT2D eigenvalue weighted by molar-refractivity contribution is 5.97. The molecule has 0 saturated heterocycles. The van der Waals surface area contributed by atoms with Gasteiger partial charge in [0.25, 0.3) is 0 Å². The first kappa shape index (κ1) is 15.8. The van der Waals surface area contributed by atoms with Crippen molar-refractivity contribution in [3.8, 4) is 5.75 Å². The Morgan fingerprint density at radius 1 is 1.30 bits per heavy atom. The summed E-state index contributed by atoms with van der Waals surface area (Å²) in [6.45, 7) is 3.83. The zero-order valence-electron chi connectivity index (χ0n) is 12.0. The molecule has 1 aromatic carbocycles. The summed E-state index contributed by atoms with van der Waals surface area (Å²) in [5, 5.41) is 5.22. The van der Waals surface area contributed by atoms with Crippen molar-refractivity contribution in [3.05, 3.63) is 24.3 Å². The van der Waals surface area contributed by atoms with Gasteiger partial charge in [0.2, 0.25) is 5.91 Å². The number of ether oxygens (including phenoxy) is 1. The van der Waals surface area contributed by atoms with Gasteiger partial charge in [-0.15, -0.1) is 0 Å². The molecule has 6 heteroatoms. The lowest BCUT2D eigenvalue weighted by Crippen LogP contribution is -2.49. The molecule has 1 aromatic rings. The number of carbonyl (C=O) groups excluding carboxylic acids is 2. The second-order valence-corrected chi connectivity index (χ2v) is 4.59. The molecule has 0 radical (unpaired) electrons. The number of nitrogens with one attached hydrogen (secondary N) is 2. The van der Waals surface area contributed by atoms with E-state index in [9.17, 15) is 9.59 Å². The van der Waals surface area contributed by atoms with E-state index in [0.717, 1.165) is 6.42 Å². The number of benzene rings is 1. The third kappa shape index (κ3) is 4.46. The topological polar surface area (TPSA) is 93.5 Å². The normalized spacial score (nSPS) is 13.2. The smallest absolute Gasteiger partial charge is 0.312 e. The van der Waals surface area contributed by atoms with Gasteiger partial charge in [-0.1, -0.05) is 20.3 Å². The summed E-state index contributed by atoms with van der Waals surface area (Å²) in [7, 11) is 1.57. The van der Waals surface area contributed by atoms with Crippen LogP contribution in [0.2, 0.25) is 0 Å². The molecule has 0 aliphatic carbocycles. The zero-order chi connectivity index (χ0) is 15.1. The number of amides is 3. The zero-order valence-corrected chi connectivity index (χ0v) is 12.0. The van der Waals surface area contributed by atoms with Crippen LogP contribution in [0.3, 0.4) is 0 Å². The summed E-state index contributed by atoms with van der Waals surface area (Å²) >= 11 is 0. The van der Waals surface area contributed by atoms with Gasteiger partial charge in [0, 0.05) is 5.69 Å². The first-order valence-electron chi connectivity index (χ1n) is 6.48. The highest BCUT2D eigenvalue weighted by Crippen LogP contribution is 2.16. The number of rotatable bonds is 6. The molecule has 0 unspecified atom stereocenters. The minimum absolute atomic E-state index is 0.0132.